The van der Waals surface area contributed by atoms with Gasteiger partial charge in [0, 0.05) is 6.42 Å². The summed E-state index contributed by atoms with van der Waals surface area (Å²) in [5.41, 5.74) is 0.875. The lowest BCUT2D eigenvalue weighted by molar-refractivity contribution is 0.0970. The molecule has 1 unspecified atom stereocenters. The van der Waals surface area contributed by atoms with Gasteiger partial charge in [0.2, 0.25) is 16.6 Å². The van der Waals surface area contributed by atoms with Gasteiger partial charge in [-0.2, -0.15) is 0 Å². The van der Waals surface area contributed by atoms with E-state index in [1.165, 1.54) is 37.6 Å². The number of rotatable bonds is 7. The number of fused-ring (bicyclic) bond motifs is 2. The highest BCUT2D eigenvalue weighted by Crippen LogP contribution is 2.46. The zero-order valence-electron chi connectivity index (χ0n) is 20.5. The van der Waals surface area contributed by atoms with E-state index in [1.54, 1.807) is 36.4 Å². The first kappa shape index (κ1) is 23.8. The zero-order valence-corrected chi connectivity index (χ0v) is 21.3. The number of carbonyl (C=O) groups excluding carboxylic acids is 1. The number of amides is 1. The van der Waals surface area contributed by atoms with Gasteiger partial charge in [-0.15, -0.1) is 10.2 Å². The van der Waals surface area contributed by atoms with Gasteiger partial charge in [-0.25, -0.2) is 0 Å². The normalized spacial score (nSPS) is 15.0. The van der Waals surface area contributed by atoms with E-state index in [2.05, 4.69) is 24.0 Å². The molecule has 186 valence electrons. The highest BCUT2D eigenvalue weighted by atomic mass is 32.1. The largest absolute Gasteiger partial charge is 0.493 e. The van der Waals surface area contributed by atoms with E-state index in [1.807, 2.05) is 0 Å². The fourth-order valence-corrected chi connectivity index (χ4v) is 5.54. The van der Waals surface area contributed by atoms with Crippen molar-refractivity contribution in [2.24, 2.45) is 5.92 Å². The van der Waals surface area contributed by atoms with Crippen LogP contribution in [0.2, 0.25) is 0 Å². The number of carbonyl (C=O) groups is 1. The molecule has 0 bridgehead atoms. The third kappa shape index (κ3) is 3.78. The molecule has 4 aromatic rings. The summed E-state index contributed by atoms with van der Waals surface area (Å²) in [5, 5.41) is 10.2. The topological polar surface area (TPSA) is 104 Å². The van der Waals surface area contributed by atoms with Gasteiger partial charge in [0.05, 0.1) is 38.3 Å². The Hall–Kier alpha value is -3.92. The molecule has 2 aromatic heterocycles. The minimum absolute atomic E-state index is 0.0157. The molecule has 2 aromatic carbocycles. The second kappa shape index (κ2) is 9.27. The molecule has 5 rings (SSSR count). The molecule has 0 N–H and O–H groups in total. The summed E-state index contributed by atoms with van der Waals surface area (Å²) in [6, 6.07) is 9.51. The molecule has 3 heterocycles. The van der Waals surface area contributed by atoms with Crippen LogP contribution in [0.3, 0.4) is 0 Å². The summed E-state index contributed by atoms with van der Waals surface area (Å²) in [7, 11) is 4.54. The number of hydrogen-bond acceptors (Lipinski definition) is 9. The van der Waals surface area contributed by atoms with Crippen LogP contribution in [0.25, 0.3) is 11.0 Å². The predicted molar refractivity (Wildman–Crippen MR) is 136 cm³/mol. The maximum absolute atomic E-state index is 13.8. The van der Waals surface area contributed by atoms with Crippen LogP contribution in [-0.4, -0.2) is 37.4 Å². The molecule has 1 aliphatic heterocycles. The first-order chi connectivity index (χ1) is 17.4. The van der Waals surface area contributed by atoms with Gasteiger partial charge >= 0.3 is 0 Å². The molecule has 1 amide bonds. The van der Waals surface area contributed by atoms with Crippen LogP contribution in [0.5, 0.6) is 17.2 Å². The van der Waals surface area contributed by atoms with Crippen molar-refractivity contribution in [2.75, 3.05) is 26.2 Å². The van der Waals surface area contributed by atoms with Crippen molar-refractivity contribution in [1.82, 2.24) is 10.2 Å². The van der Waals surface area contributed by atoms with Crippen molar-refractivity contribution in [3.63, 3.8) is 0 Å². The van der Waals surface area contributed by atoms with Gasteiger partial charge in [-0.3, -0.25) is 14.5 Å². The third-order valence-electron chi connectivity index (χ3n) is 6.03. The average molecular weight is 508 g/mol. The van der Waals surface area contributed by atoms with Gasteiger partial charge in [0.15, 0.2) is 16.9 Å². The molecule has 0 saturated carbocycles. The molecule has 1 atom stereocenters. The number of aromatic nitrogens is 2. The fourth-order valence-electron chi connectivity index (χ4n) is 4.47. The monoisotopic (exact) mass is 507 g/mol. The maximum Gasteiger partial charge on any atom is 0.297 e. The van der Waals surface area contributed by atoms with Crippen LogP contribution in [0.1, 0.15) is 46.6 Å². The number of hydrogen-bond donors (Lipinski definition) is 0. The Kier molecular flexibility index (Phi) is 6.13. The van der Waals surface area contributed by atoms with E-state index in [0.29, 0.717) is 44.8 Å². The standard InChI is InChI=1S/C26H25N3O6S/c1-13(2)10-19-27-28-26(36-19)29-21(14-11-17(32-3)23(34-5)18(12-14)33-4)20-22(30)15-8-6-7-9-16(15)35-24(20)25(29)31/h6-9,11-13,21H,10H2,1-5H3. The molecular formula is C26H25N3O6S. The van der Waals surface area contributed by atoms with Crippen LogP contribution in [0, 0.1) is 5.92 Å². The number of anilines is 1. The lowest BCUT2D eigenvalue weighted by Crippen LogP contribution is -2.29. The minimum Gasteiger partial charge on any atom is -0.493 e. The van der Waals surface area contributed by atoms with E-state index < -0.39 is 11.9 Å². The molecule has 10 heteroatoms. The van der Waals surface area contributed by atoms with Crippen molar-refractivity contribution in [3.05, 3.63) is 68.5 Å². The van der Waals surface area contributed by atoms with Crippen LogP contribution >= 0.6 is 11.3 Å². The first-order valence-corrected chi connectivity index (χ1v) is 12.2. The number of ether oxygens (including phenoxy) is 3. The number of para-hydroxylation sites is 1. The summed E-state index contributed by atoms with van der Waals surface area (Å²) in [6.45, 7) is 4.18. The Morgan fingerprint density at radius 1 is 1.03 bits per heavy atom. The first-order valence-electron chi connectivity index (χ1n) is 11.4. The number of methoxy groups -OCH3 is 3. The smallest absolute Gasteiger partial charge is 0.297 e. The Balaban J connectivity index is 1.78. The quantitative estimate of drug-likeness (QED) is 0.357. The van der Waals surface area contributed by atoms with Crippen LogP contribution in [-0.2, 0) is 6.42 Å². The molecule has 0 spiro atoms. The van der Waals surface area contributed by atoms with Crippen molar-refractivity contribution in [3.8, 4) is 17.2 Å². The van der Waals surface area contributed by atoms with Gasteiger partial charge in [-0.1, -0.05) is 37.3 Å². The molecule has 36 heavy (non-hydrogen) atoms. The lowest BCUT2D eigenvalue weighted by atomic mass is 9.98. The summed E-state index contributed by atoms with van der Waals surface area (Å²) in [5.74, 6) is 1.10. The van der Waals surface area contributed by atoms with Crippen molar-refractivity contribution >= 4 is 33.3 Å². The van der Waals surface area contributed by atoms with E-state index >= 15 is 0 Å². The van der Waals surface area contributed by atoms with Gasteiger partial charge < -0.3 is 18.6 Å². The Morgan fingerprint density at radius 3 is 2.36 bits per heavy atom. The van der Waals surface area contributed by atoms with Crippen LogP contribution < -0.4 is 24.5 Å². The molecule has 0 aliphatic carbocycles. The number of benzene rings is 2. The SMILES string of the molecule is COc1cc(C2c3c(oc4ccccc4c3=O)C(=O)N2c2nnc(CC(C)C)s2)cc(OC)c1OC. The van der Waals surface area contributed by atoms with Crippen molar-refractivity contribution < 1.29 is 23.4 Å². The molecular weight excluding hydrogens is 482 g/mol. The highest BCUT2D eigenvalue weighted by molar-refractivity contribution is 7.15. The van der Waals surface area contributed by atoms with Crippen molar-refractivity contribution in [2.45, 2.75) is 26.3 Å². The van der Waals surface area contributed by atoms with E-state index in [9.17, 15) is 9.59 Å². The Morgan fingerprint density at radius 2 is 1.72 bits per heavy atom. The second-order valence-electron chi connectivity index (χ2n) is 8.78. The second-order valence-corrected chi connectivity index (χ2v) is 9.82. The van der Waals surface area contributed by atoms with Gasteiger partial charge in [0.25, 0.3) is 5.91 Å². The molecule has 9 nitrogen and oxygen atoms in total. The van der Waals surface area contributed by atoms with Gasteiger partial charge in [0.1, 0.15) is 10.6 Å². The lowest BCUT2D eigenvalue weighted by Gasteiger charge is -2.24. The predicted octanol–water partition coefficient (Wildman–Crippen LogP) is 4.62. The Bertz CT molecular complexity index is 1500. The summed E-state index contributed by atoms with van der Waals surface area (Å²) >= 11 is 1.32. The van der Waals surface area contributed by atoms with Crippen molar-refractivity contribution in [1.29, 1.82) is 0 Å². The molecule has 0 saturated heterocycles. The number of nitrogens with zero attached hydrogens (tertiary/aromatic N) is 3. The molecule has 0 radical (unpaired) electrons. The summed E-state index contributed by atoms with van der Waals surface area (Å²) in [6.07, 6.45) is 0.725. The van der Waals surface area contributed by atoms with Crippen LogP contribution in [0.4, 0.5) is 5.13 Å². The van der Waals surface area contributed by atoms with Crippen LogP contribution in [0.15, 0.2) is 45.6 Å². The van der Waals surface area contributed by atoms with E-state index in [4.69, 9.17) is 18.6 Å². The highest BCUT2D eigenvalue weighted by Gasteiger charge is 2.45. The van der Waals surface area contributed by atoms with Gasteiger partial charge in [-0.05, 0) is 35.7 Å². The average Bonchev–Trinajstić information content (AvgIpc) is 3.44. The minimum atomic E-state index is -0.832. The fraction of sp³-hybridized carbons (Fsp3) is 0.308. The summed E-state index contributed by atoms with van der Waals surface area (Å²) < 4.78 is 22.6. The van der Waals surface area contributed by atoms with E-state index in [-0.39, 0.29) is 16.8 Å². The summed E-state index contributed by atoms with van der Waals surface area (Å²) in [4.78, 5) is 29.0. The molecule has 0 fully saturated rings. The Labute approximate surface area is 211 Å². The maximum atomic E-state index is 13.8. The third-order valence-corrected chi connectivity index (χ3v) is 6.97. The van der Waals surface area contributed by atoms with E-state index in [0.717, 1.165) is 11.4 Å². The molecule has 1 aliphatic rings. The zero-order chi connectivity index (χ0) is 25.6.